The van der Waals surface area contributed by atoms with Crippen LogP contribution in [0.5, 0.6) is 0 Å². The van der Waals surface area contributed by atoms with Crippen molar-refractivity contribution in [1.29, 1.82) is 0 Å². The van der Waals surface area contributed by atoms with E-state index in [9.17, 15) is 4.79 Å². The molecule has 2 N–H and O–H groups in total. The number of fused-ring (bicyclic) bond motifs is 2. The van der Waals surface area contributed by atoms with Gasteiger partial charge in [-0.05, 0) is 43.4 Å². The molecule has 3 atom stereocenters. The summed E-state index contributed by atoms with van der Waals surface area (Å²) in [6, 6.07) is 0. The van der Waals surface area contributed by atoms with E-state index in [1.54, 1.807) is 0 Å². The summed E-state index contributed by atoms with van der Waals surface area (Å²) in [5.41, 5.74) is 5.10. The highest BCUT2D eigenvalue weighted by Gasteiger charge is 2.34. The Hall–Kier alpha value is -0.790. The van der Waals surface area contributed by atoms with Gasteiger partial charge in [-0.1, -0.05) is 25.0 Å². The zero-order valence-electron chi connectivity index (χ0n) is 9.32. The number of hydrogen-bond donors (Lipinski definition) is 1. The van der Waals surface area contributed by atoms with Gasteiger partial charge < -0.3 is 5.73 Å². The van der Waals surface area contributed by atoms with E-state index in [-0.39, 0.29) is 5.91 Å². The maximum absolute atomic E-state index is 10.5. The summed E-state index contributed by atoms with van der Waals surface area (Å²) >= 11 is 0. The molecule has 0 heterocycles. The predicted molar refractivity (Wildman–Crippen MR) is 61.1 cm³/mol. The quantitative estimate of drug-likeness (QED) is 0.528. The lowest BCUT2D eigenvalue weighted by Gasteiger charge is -2.17. The fourth-order valence-corrected chi connectivity index (χ4v) is 3.11. The Kier molecular flexibility index (Phi) is 3.45. The van der Waals surface area contributed by atoms with Crippen LogP contribution in [0.1, 0.15) is 44.9 Å². The standard InChI is InChI=1S/C13H21NO/c14-13(15)5-3-1-2-4-11-8-10-6-7-12(11)9-10/h6-7,10-12H,1-5,8-9H2,(H2,14,15). The summed E-state index contributed by atoms with van der Waals surface area (Å²) in [6.07, 6.45) is 13.0. The van der Waals surface area contributed by atoms with Crippen molar-refractivity contribution in [3.8, 4) is 0 Å². The lowest BCUT2D eigenvalue weighted by Crippen LogP contribution is -2.10. The minimum atomic E-state index is -0.155. The molecule has 1 saturated carbocycles. The summed E-state index contributed by atoms with van der Waals surface area (Å²) in [7, 11) is 0. The molecule has 0 aromatic rings. The van der Waals surface area contributed by atoms with Gasteiger partial charge in [0.2, 0.25) is 5.91 Å². The molecule has 0 saturated heterocycles. The maximum atomic E-state index is 10.5. The number of allylic oxidation sites excluding steroid dienone is 2. The van der Waals surface area contributed by atoms with Crippen LogP contribution in [-0.2, 0) is 4.79 Å². The summed E-state index contributed by atoms with van der Waals surface area (Å²) < 4.78 is 0. The molecule has 0 spiro atoms. The topological polar surface area (TPSA) is 43.1 Å². The van der Waals surface area contributed by atoms with Gasteiger partial charge in [0, 0.05) is 6.42 Å². The van der Waals surface area contributed by atoms with Gasteiger partial charge >= 0.3 is 0 Å². The van der Waals surface area contributed by atoms with Gasteiger partial charge in [-0.25, -0.2) is 0 Å². The second kappa shape index (κ2) is 4.82. The third-order valence-corrected chi connectivity index (χ3v) is 3.91. The first kappa shape index (κ1) is 10.7. The van der Waals surface area contributed by atoms with Crippen LogP contribution in [0.4, 0.5) is 0 Å². The summed E-state index contributed by atoms with van der Waals surface area (Å²) in [5, 5.41) is 0. The van der Waals surface area contributed by atoms with Gasteiger partial charge in [0.05, 0.1) is 0 Å². The van der Waals surface area contributed by atoms with Crippen LogP contribution in [0.2, 0.25) is 0 Å². The monoisotopic (exact) mass is 207 g/mol. The first-order chi connectivity index (χ1) is 7.25. The molecule has 84 valence electrons. The van der Waals surface area contributed by atoms with E-state index in [0.717, 1.165) is 24.2 Å². The average Bonchev–Trinajstić information content (AvgIpc) is 2.78. The number of carbonyl (C=O) groups excluding carboxylic acids is 1. The van der Waals surface area contributed by atoms with E-state index in [0.29, 0.717) is 6.42 Å². The molecule has 0 aliphatic heterocycles. The van der Waals surface area contributed by atoms with Crippen LogP contribution in [-0.4, -0.2) is 5.91 Å². The molecule has 2 nitrogen and oxygen atoms in total. The van der Waals surface area contributed by atoms with Crippen molar-refractivity contribution < 1.29 is 4.79 Å². The van der Waals surface area contributed by atoms with Crippen LogP contribution >= 0.6 is 0 Å². The fraction of sp³-hybridized carbons (Fsp3) is 0.769. The Morgan fingerprint density at radius 3 is 2.67 bits per heavy atom. The van der Waals surface area contributed by atoms with Crippen molar-refractivity contribution in [3.05, 3.63) is 12.2 Å². The van der Waals surface area contributed by atoms with Crippen LogP contribution < -0.4 is 5.73 Å². The second-order valence-electron chi connectivity index (χ2n) is 5.11. The molecular weight excluding hydrogens is 186 g/mol. The van der Waals surface area contributed by atoms with Gasteiger partial charge in [0.1, 0.15) is 0 Å². The molecule has 2 aliphatic rings. The number of carbonyl (C=O) groups is 1. The number of hydrogen-bond acceptors (Lipinski definition) is 1. The molecule has 2 heteroatoms. The van der Waals surface area contributed by atoms with Gasteiger partial charge in [0.25, 0.3) is 0 Å². The highest BCUT2D eigenvalue weighted by Crippen LogP contribution is 2.45. The van der Waals surface area contributed by atoms with E-state index in [4.69, 9.17) is 5.73 Å². The first-order valence-corrected chi connectivity index (χ1v) is 6.22. The minimum absolute atomic E-state index is 0.155. The summed E-state index contributed by atoms with van der Waals surface area (Å²) in [6.45, 7) is 0. The van der Waals surface area contributed by atoms with Crippen molar-refractivity contribution in [2.24, 2.45) is 23.5 Å². The molecule has 15 heavy (non-hydrogen) atoms. The van der Waals surface area contributed by atoms with E-state index < -0.39 is 0 Å². The predicted octanol–water partition coefficient (Wildman–Crippen LogP) is 2.63. The van der Waals surface area contributed by atoms with Crippen molar-refractivity contribution in [3.63, 3.8) is 0 Å². The van der Waals surface area contributed by atoms with Gasteiger partial charge in [-0.15, -0.1) is 0 Å². The van der Waals surface area contributed by atoms with E-state index in [2.05, 4.69) is 12.2 Å². The number of nitrogens with two attached hydrogens (primary N) is 1. The number of primary amides is 1. The molecule has 2 aliphatic carbocycles. The zero-order chi connectivity index (χ0) is 10.7. The lowest BCUT2D eigenvalue weighted by atomic mass is 9.88. The van der Waals surface area contributed by atoms with E-state index in [1.165, 1.54) is 32.1 Å². The highest BCUT2D eigenvalue weighted by atomic mass is 16.1. The van der Waals surface area contributed by atoms with Crippen LogP contribution in [0.3, 0.4) is 0 Å². The Labute approximate surface area is 91.9 Å². The molecule has 0 aromatic heterocycles. The molecule has 1 fully saturated rings. The Morgan fingerprint density at radius 1 is 1.20 bits per heavy atom. The Bertz CT molecular complexity index is 259. The summed E-state index contributed by atoms with van der Waals surface area (Å²) in [4.78, 5) is 10.5. The first-order valence-electron chi connectivity index (χ1n) is 6.22. The van der Waals surface area contributed by atoms with Crippen molar-refractivity contribution in [2.45, 2.75) is 44.9 Å². The zero-order valence-corrected chi connectivity index (χ0v) is 9.32. The molecule has 0 radical (unpaired) electrons. The molecular formula is C13H21NO. The van der Waals surface area contributed by atoms with Gasteiger partial charge in [-0.3, -0.25) is 4.79 Å². The normalized spacial score (nSPS) is 32.4. The molecule has 0 aromatic carbocycles. The van der Waals surface area contributed by atoms with E-state index in [1.807, 2.05) is 0 Å². The maximum Gasteiger partial charge on any atom is 0.217 e. The third-order valence-electron chi connectivity index (χ3n) is 3.91. The van der Waals surface area contributed by atoms with Crippen LogP contribution in [0.15, 0.2) is 12.2 Å². The highest BCUT2D eigenvalue weighted by molar-refractivity contribution is 5.73. The van der Waals surface area contributed by atoms with Gasteiger partial charge in [-0.2, -0.15) is 0 Å². The molecule has 2 rings (SSSR count). The van der Waals surface area contributed by atoms with Crippen LogP contribution in [0, 0.1) is 17.8 Å². The van der Waals surface area contributed by atoms with Crippen molar-refractivity contribution in [2.75, 3.05) is 0 Å². The second-order valence-corrected chi connectivity index (χ2v) is 5.11. The molecule has 2 bridgehead atoms. The lowest BCUT2D eigenvalue weighted by molar-refractivity contribution is -0.118. The van der Waals surface area contributed by atoms with Crippen LogP contribution in [0.25, 0.3) is 0 Å². The Morgan fingerprint density at radius 2 is 2.07 bits per heavy atom. The fourth-order valence-electron chi connectivity index (χ4n) is 3.11. The smallest absolute Gasteiger partial charge is 0.217 e. The largest absolute Gasteiger partial charge is 0.370 e. The number of unbranched alkanes of at least 4 members (excludes halogenated alkanes) is 2. The minimum Gasteiger partial charge on any atom is -0.370 e. The molecule has 1 amide bonds. The SMILES string of the molecule is NC(=O)CCCCCC1CC2C=CC1C2. The average molecular weight is 207 g/mol. The van der Waals surface area contributed by atoms with Crippen molar-refractivity contribution in [1.82, 2.24) is 0 Å². The van der Waals surface area contributed by atoms with Gasteiger partial charge in [0.15, 0.2) is 0 Å². The summed E-state index contributed by atoms with van der Waals surface area (Å²) in [5.74, 6) is 2.56. The van der Waals surface area contributed by atoms with Crippen molar-refractivity contribution >= 4 is 5.91 Å². The third kappa shape index (κ3) is 2.83. The Balaban J connectivity index is 1.55. The number of rotatable bonds is 6. The van der Waals surface area contributed by atoms with E-state index >= 15 is 0 Å². The molecule has 3 unspecified atom stereocenters. The number of amides is 1.